The predicted octanol–water partition coefficient (Wildman–Crippen LogP) is 2.65. The number of benzene rings is 1. The van der Waals surface area contributed by atoms with E-state index in [1.165, 1.54) is 15.6 Å². The van der Waals surface area contributed by atoms with Gasteiger partial charge in [-0.05, 0) is 55.0 Å². The second-order valence-electron chi connectivity index (χ2n) is 7.57. The van der Waals surface area contributed by atoms with Gasteiger partial charge in [-0.3, -0.25) is 4.79 Å². The second kappa shape index (κ2) is 8.95. The molecule has 0 bridgehead atoms. The van der Waals surface area contributed by atoms with Crippen LogP contribution in [-0.4, -0.2) is 69.4 Å². The highest BCUT2D eigenvalue weighted by atomic mass is 32.2. The molecule has 1 amide bonds. The van der Waals surface area contributed by atoms with E-state index in [-0.39, 0.29) is 5.91 Å². The number of rotatable bonds is 5. The first kappa shape index (κ1) is 21.1. The standard InChI is InChI=1S/C21H27N3O4S2/c1-28-18-9-7-17(8-10-18)22-11-4-12-23(15-14-22)21(25)19-5-2-13-24(19)30(26,27)20-6-3-16-29-20/h3,6-10,16,19H,2,4-5,11-15H2,1H3. The van der Waals surface area contributed by atoms with Crippen molar-refractivity contribution in [1.82, 2.24) is 9.21 Å². The van der Waals surface area contributed by atoms with Gasteiger partial charge in [0.05, 0.1) is 7.11 Å². The van der Waals surface area contributed by atoms with E-state index < -0.39 is 16.1 Å². The van der Waals surface area contributed by atoms with Crippen LogP contribution in [0.3, 0.4) is 0 Å². The third-order valence-corrected chi connectivity index (χ3v) is 9.07. The van der Waals surface area contributed by atoms with Crippen molar-refractivity contribution in [2.75, 3.05) is 44.7 Å². The van der Waals surface area contributed by atoms with Gasteiger partial charge in [0.25, 0.3) is 10.0 Å². The lowest BCUT2D eigenvalue weighted by Gasteiger charge is -2.29. The van der Waals surface area contributed by atoms with Gasteiger partial charge in [0.2, 0.25) is 5.91 Å². The zero-order chi connectivity index (χ0) is 21.1. The minimum atomic E-state index is -3.62. The highest BCUT2D eigenvalue weighted by Crippen LogP contribution is 2.30. The molecule has 0 radical (unpaired) electrons. The van der Waals surface area contributed by atoms with Crippen LogP contribution in [-0.2, 0) is 14.8 Å². The van der Waals surface area contributed by atoms with Gasteiger partial charge in [0.1, 0.15) is 16.0 Å². The summed E-state index contributed by atoms with van der Waals surface area (Å²) >= 11 is 1.20. The molecular weight excluding hydrogens is 422 g/mol. The molecule has 3 heterocycles. The third-order valence-electron chi connectivity index (χ3n) is 5.79. The summed E-state index contributed by atoms with van der Waals surface area (Å²) in [6, 6.07) is 10.7. The van der Waals surface area contributed by atoms with Crippen LogP contribution in [0.1, 0.15) is 19.3 Å². The molecule has 7 nitrogen and oxygen atoms in total. The van der Waals surface area contributed by atoms with Gasteiger partial charge in [0, 0.05) is 38.4 Å². The molecule has 30 heavy (non-hydrogen) atoms. The summed E-state index contributed by atoms with van der Waals surface area (Å²) in [7, 11) is -1.97. The van der Waals surface area contributed by atoms with Crippen molar-refractivity contribution in [1.29, 1.82) is 0 Å². The molecular formula is C21H27N3O4S2. The summed E-state index contributed by atoms with van der Waals surface area (Å²) in [6.07, 6.45) is 2.15. The molecule has 162 valence electrons. The maximum atomic E-state index is 13.3. The highest BCUT2D eigenvalue weighted by Gasteiger charge is 2.41. The number of hydrogen-bond acceptors (Lipinski definition) is 6. The Kier molecular flexibility index (Phi) is 6.31. The van der Waals surface area contributed by atoms with Crippen LogP contribution in [0.15, 0.2) is 46.0 Å². The minimum Gasteiger partial charge on any atom is -0.497 e. The second-order valence-corrected chi connectivity index (χ2v) is 10.6. The zero-order valence-corrected chi connectivity index (χ0v) is 18.7. The topological polar surface area (TPSA) is 70.2 Å². The van der Waals surface area contributed by atoms with E-state index in [0.29, 0.717) is 36.7 Å². The monoisotopic (exact) mass is 449 g/mol. The number of carbonyl (C=O) groups excluding carboxylic acids is 1. The molecule has 2 aromatic rings. The molecule has 0 saturated carbocycles. The first-order valence-corrected chi connectivity index (χ1v) is 12.6. The highest BCUT2D eigenvalue weighted by molar-refractivity contribution is 7.91. The number of sulfonamides is 1. The maximum absolute atomic E-state index is 13.3. The van der Waals surface area contributed by atoms with Crippen molar-refractivity contribution >= 4 is 33.0 Å². The van der Waals surface area contributed by atoms with Crippen LogP contribution in [0.2, 0.25) is 0 Å². The summed E-state index contributed by atoms with van der Waals surface area (Å²) in [4.78, 5) is 17.4. The van der Waals surface area contributed by atoms with Crippen LogP contribution in [0, 0.1) is 0 Å². The normalized spacial score (nSPS) is 20.9. The maximum Gasteiger partial charge on any atom is 0.253 e. The Balaban J connectivity index is 1.44. The Labute approximate surface area is 181 Å². The lowest BCUT2D eigenvalue weighted by molar-refractivity contribution is -0.134. The first-order valence-electron chi connectivity index (χ1n) is 10.2. The number of nitrogens with zero attached hydrogens (tertiary/aromatic N) is 3. The van der Waals surface area contributed by atoms with Crippen LogP contribution in [0.5, 0.6) is 5.75 Å². The Morgan fingerprint density at radius 2 is 1.83 bits per heavy atom. The number of thiophene rings is 1. The predicted molar refractivity (Wildman–Crippen MR) is 118 cm³/mol. The molecule has 2 saturated heterocycles. The van der Waals surface area contributed by atoms with Crippen LogP contribution >= 0.6 is 11.3 Å². The average molecular weight is 450 g/mol. The summed E-state index contributed by atoms with van der Waals surface area (Å²) in [5, 5.41) is 1.75. The van der Waals surface area contributed by atoms with Crippen LogP contribution in [0.4, 0.5) is 5.69 Å². The number of hydrogen-bond donors (Lipinski definition) is 0. The largest absolute Gasteiger partial charge is 0.497 e. The average Bonchev–Trinajstić information content (AvgIpc) is 3.42. The van der Waals surface area contributed by atoms with Gasteiger partial charge in [-0.2, -0.15) is 4.31 Å². The molecule has 2 fully saturated rings. The van der Waals surface area contributed by atoms with E-state index in [9.17, 15) is 13.2 Å². The van der Waals surface area contributed by atoms with E-state index in [1.54, 1.807) is 24.6 Å². The minimum absolute atomic E-state index is 0.0655. The van der Waals surface area contributed by atoms with Crippen LogP contribution in [0.25, 0.3) is 0 Å². The van der Waals surface area contributed by atoms with Crippen LogP contribution < -0.4 is 9.64 Å². The summed E-state index contributed by atoms with van der Waals surface area (Å²) in [5.74, 6) is 0.753. The smallest absolute Gasteiger partial charge is 0.253 e. The van der Waals surface area contributed by atoms with Gasteiger partial charge in [-0.15, -0.1) is 11.3 Å². The molecule has 0 spiro atoms. The van der Waals surface area contributed by atoms with Gasteiger partial charge < -0.3 is 14.5 Å². The fraction of sp³-hybridized carbons (Fsp3) is 0.476. The molecule has 1 atom stereocenters. The third kappa shape index (κ3) is 4.19. The quantitative estimate of drug-likeness (QED) is 0.702. The Bertz CT molecular complexity index is 961. The van der Waals surface area contributed by atoms with E-state index in [0.717, 1.165) is 30.9 Å². The van der Waals surface area contributed by atoms with Crippen molar-refractivity contribution < 1.29 is 17.9 Å². The van der Waals surface area contributed by atoms with Gasteiger partial charge in [-0.25, -0.2) is 8.42 Å². The summed E-state index contributed by atoms with van der Waals surface area (Å²) < 4.78 is 32.9. The molecule has 4 rings (SSSR count). The van der Waals surface area contributed by atoms with E-state index in [4.69, 9.17) is 4.74 Å². The van der Waals surface area contributed by atoms with Gasteiger partial charge in [-0.1, -0.05) is 6.07 Å². The lowest BCUT2D eigenvalue weighted by atomic mass is 10.2. The number of methoxy groups -OCH3 is 1. The molecule has 1 aromatic heterocycles. The van der Waals surface area contributed by atoms with Crippen molar-refractivity contribution in [2.24, 2.45) is 0 Å². The summed E-state index contributed by atoms with van der Waals surface area (Å²) in [5.41, 5.74) is 1.10. The summed E-state index contributed by atoms with van der Waals surface area (Å²) in [6.45, 7) is 3.23. The Morgan fingerprint density at radius 3 is 2.53 bits per heavy atom. The van der Waals surface area contributed by atoms with Gasteiger partial charge in [0.15, 0.2) is 0 Å². The van der Waals surface area contributed by atoms with E-state index in [2.05, 4.69) is 4.90 Å². The van der Waals surface area contributed by atoms with Gasteiger partial charge >= 0.3 is 0 Å². The molecule has 0 N–H and O–H groups in total. The Hall–Kier alpha value is -2.10. The zero-order valence-electron chi connectivity index (χ0n) is 17.1. The van der Waals surface area contributed by atoms with E-state index in [1.807, 2.05) is 29.2 Å². The lowest BCUT2D eigenvalue weighted by Crippen LogP contribution is -2.48. The fourth-order valence-corrected chi connectivity index (χ4v) is 6.97. The molecule has 9 heteroatoms. The van der Waals surface area contributed by atoms with Crippen molar-refractivity contribution in [3.8, 4) is 5.75 Å². The molecule has 2 aliphatic rings. The Morgan fingerprint density at radius 1 is 1.03 bits per heavy atom. The number of amides is 1. The SMILES string of the molecule is COc1ccc(N2CCCN(C(=O)C3CCCN3S(=O)(=O)c3cccs3)CC2)cc1. The van der Waals surface area contributed by atoms with Crippen molar-refractivity contribution in [2.45, 2.75) is 29.5 Å². The molecule has 1 aromatic carbocycles. The number of carbonyl (C=O) groups is 1. The van der Waals surface area contributed by atoms with Crippen molar-refractivity contribution in [3.63, 3.8) is 0 Å². The van der Waals surface area contributed by atoms with Crippen molar-refractivity contribution in [3.05, 3.63) is 41.8 Å². The first-order chi connectivity index (χ1) is 14.5. The number of anilines is 1. The molecule has 0 aliphatic carbocycles. The number of ether oxygens (including phenoxy) is 1. The molecule has 2 aliphatic heterocycles. The fourth-order valence-electron chi connectivity index (χ4n) is 4.20. The molecule has 1 unspecified atom stereocenters. The van der Waals surface area contributed by atoms with E-state index >= 15 is 0 Å².